The van der Waals surface area contributed by atoms with Crippen LogP contribution in [-0.4, -0.2) is 37.8 Å². The summed E-state index contributed by atoms with van der Waals surface area (Å²) in [6.45, 7) is 0.474. The van der Waals surface area contributed by atoms with Gasteiger partial charge >= 0.3 is 6.09 Å². The maximum atomic E-state index is 12.0. The first-order valence-electron chi connectivity index (χ1n) is 7.80. The number of anilines is 1. The fraction of sp³-hybridized carbons (Fsp3) is 0.222. The van der Waals surface area contributed by atoms with E-state index in [-0.39, 0.29) is 19.1 Å². The van der Waals surface area contributed by atoms with Gasteiger partial charge in [-0.15, -0.1) is 0 Å². The molecule has 1 aliphatic heterocycles. The molecule has 130 valence electrons. The molecule has 25 heavy (non-hydrogen) atoms. The van der Waals surface area contributed by atoms with E-state index in [1.807, 2.05) is 18.2 Å². The minimum Gasteiger partial charge on any atom is -0.484 e. The maximum absolute atomic E-state index is 12.0. The summed E-state index contributed by atoms with van der Waals surface area (Å²) < 4.78 is 10.6. The summed E-state index contributed by atoms with van der Waals surface area (Å²) in [6, 6.07) is 16.0. The Hall–Kier alpha value is -2.73. The van der Waals surface area contributed by atoms with Gasteiger partial charge in [0.1, 0.15) is 11.9 Å². The van der Waals surface area contributed by atoms with Crippen LogP contribution in [0.2, 0.25) is 5.02 Å². The number of ether oxygens (including phenoxy) is 2. The van der Waals surface area contributed by atoms with E-state index in [0.29, 0.717) is 23.0 Å². The Morgan fingerprint density at radius 3 is 2.80 bits per heavy atom. The van der Waals surface area contributed by atoms with Gasteiger partial charge < -0.3 is 14.8 Å². The maximum Gasteiger partial charge on any atom is 0.414 e. The van der Waals surface area contributed by atoms with Crippen molar-refractivity contribution in [3.05, 3.63) is 59.6 Å². The predicted molar refractivity (Wildman–Crippen MR) is 94.0 cm³/mol. The van der Waals surface area contributed by atoms with E-state index >= 15 is 0 Å². The lowest BCUT2D eigenvalue weighted by molar-refractivity contribution is -0.123. The van der Waals surface area contributed by atoms with E-state index in [9.17, 15) is 9.59 Å². The number of para-hydroxylation sites is 1. The van der Waals surface area contributed by atoms with Crippen LogP contribution in [0.4, 0.5) is 10.5 Å². The number of hydrogen-bond acceptors (Lipinski definition) is 4. The second-order valence-corrected chi connectivity index (χ2v) is 5.94. The quantitative estimate of drug-likeness (QED) is 0.860. The molecule has 2 aromatic carbocycles. The zero-order valence-electron chi connectivity index (χ0n) is 13.4. The minimum atomic E-state index is -0.456. The van der Waals surface area contributed by atoms with E-state index in [4.69, 9.17) is 21.1 Å². The van der Waals surface area contributed by atoms with Crippen molar-refractivity contribution < 1.29 is 19.1 Å². The highest BCUT2D eigenvalue weighted by atomic mass is 35.5. The summed E-state index contributed by atoms with van der Waals surface area (Å²) >= 11 is 5.95. The molecule has 1 saturated heterocycles. The molecule has 0 aliphatic carbocycles. The van der Waals surface area contributed by atoms with Crippen LogP contribution in [0.1, 0.15) is 0 Å². The number of nitrogens with one attached hydrogen (secondary N) is 1. The van der Waals surface area contributed by atoms with Crippen LogP contribution in [0, 0.1) is 0 Å². The number of cyclic esters (lactones) is 1. The largest absolute Gasteiger partial charge is 0.484 e. The van der Waals surface area contributed by atoms with Crippen molar-refractivity contribution in [1.29, 1.82) is 0 Å². The number of halogens is 1. The Morgan fingerprint density at radius 1 is 1.24 bits per heavy atom. The van der Waals surface area contributed by atoms with Crippen LogP contribution >= 0.6 is 11.6 Å². The molecular weight excluding hydrogens is 344 g/mol. The van der Waals surface area contributed by atoms with Crippen molar-refractivity contribution in [3.8, 4) is 5.75 Å². The van der Waals surface area contributed by atoms with Crippen LogP contribution in [0.5, 0.6) is 5.75 Å². The smallest absolute Gasteiger partial charge is 0.414 e. The number of nitrogens with zero attached hydrogens (tertiary/aromatic N) is 1. The molecule has 7 heteroatoms. The SMILES string of the molecule is O=C(COc1ccccc1)NCC1CN(c2cccc(Cl)c2)C(=O)O1. The third-order valence-corrected chi connectivity index (χ3v) is 3.87. The third kappa shape index (κ3) is 4.64. The first-order chi connectivity index (χ1) is 12.1. The first kappa shape index (κ1) is 17.1. The van der Waals surface area contributed by atoms with Gasteiger partial charge in [-0.2, -0.15) is 0 Å². The molecule has 0 aromatic heterocycles. The standard InChI is InChI=1S/C18H17ClN2O4/c19-13-5-4-6-14(9-13)21-11-16(25-18(21)23)10-20-17(22)12-24-15-7-2-1-3-8-15/h1-9,16H,10-12H2,(H,20,22). The lowest BCUT2D eigenvalue weighted by atomic mass is 10.2. The van der Waals surface area contributed by atoms with E-state index in [1.54, 1.807) is 36.4 Å². The highest BCUT2D eigenvalue weighted by Crippen LogP contribution is 2.24. The van der Waals surface area contributed by atoms with Crippen LogP contribution in [0.3, 0.4) is 0 Å². The zero-order valence-corrected chi connectivity index (χ0v) is 14.1. The molecule has 2 amide bonds. The minimum absolute atomic E-state index is 0.0946. The molecule has 1 heterocycles. The van der Waals surface area contributed by atoms with Crippen LogP contribution in [-0.2, 0) is 9.53 Å². The highest BCUT2D eigenvalue weighted by Gasteiger charge is 2.32. The number of amides is 2. The fourth-order valence-corrected chi connectivity index (χ4v) is 2.61. The number of carbonyl (C=O) groups excluding carboxylic acids is 2. The summed E-state index contributed by atoms with van der Waals surface area (Å²) in [5, 5.41) is 3.25. The molecule has 1 N–H and O–H groups in total. The molecule has 0 radical (unpaired) electrons. The van der Waals surface area contributed by atoms with Gasteiger partial charge in [-0.25, -0.2) is 4.79 Å². The number of hydrogen-bond donors (Lipinski definition) is 1. The first-order valence-corrected chi connectivity index (χ1v) is 8.18. The molecule has 1 fully saturated rings. The molecule has 0 saturated carbocycles. The lowest BCUT2D eigenvalue weighted by Gasteiger charge is -2.13. The van der Waals surface area contributed by atoms with Gasteiger partial charge in [0.25, 0.3) is 5.91 Å². The molecular formula is C18H17ClN2O4. The lowest BCUT2D eigenvalue weighted by Crippen LogP contribution is -2.37. The van der Waals surface area contributed by atoms with E-state index in [1.165, 1.54) is 4.90 Å². The summed E-state index contributed by atoms with van der Waals surface area (Å²) in [6.07, 6.45) is -0.880. The zero-order chi connectivity index (χ0) is 17.6. The van der Waals surface area contributed by atoms with Crippen molar-refractivity contribution >= 4 is 29.3 Å². The number of carbonyl (C=O) groups is 2. The Bertz CT molecular complexity index is 754. The molecule has 3 rings (SSSR count). The molecule has 1 aliphatic rings. The van der Waals surface area contributed by atoms with Gasteiger partial charge in [-0.05, 0) is 30.3 Å². The summed E-state index contributed by atoms with van der Waals surface area (Å²) in [7, 11) is 0. The van der Waals surface area contributed by atoms with Gasteiger partial charge in [0.05, 0.1) is 13.1 Å². The van der Waals surface area contributed by atoms with Crippen molar-refractivity contribution in [1.82, 2.24) is 5.32 Å². The van der Waals surface area contributed by atoms with Crippen molar-refractivity contribution in [2.24, 2.45) is 0 Å². The van der Waals surface area contributed by atoms with Crippen LogP contribution in [0.15, 0.2) is 54.6 Å². The Balaban J connectivity index is 1.46. The van der Waals surface area contributed by atoms with Crippen molar-refractivity contribution in [3.63, 3.8) is 0 Å². The van der Waals surface area contributed by atoms with Crippen LogP contribution in [0.25, 0.3) is 0 Å². The van der Waals surface area contributed by atoms with E-state index < -0.39 is 12.2 Å². The Labute approximate surface area is 150 Å². The Kier molecular flexibility index (Phi) is 5.40. The topological polar surface area (TPSA) is 67.9 Å². The van der Waals surface area contributed by atoms with E-state index in [0.717, 1.165) is 0 Å². The summed E-state index contributed by atoms with van der Waals surface area (Å²) in [5.74, 6) is 0.346. The van der Waals surface area contributed by atoms with Gasteiger partial charge in [0, 0.05) is 10.7 Å². The summed E-state index contributed by atoms with van der Waals surface area (Å²) in [4.78, 5) is 25.3. The molecule has 2 aromatic rings. The van der Waals surface area contributed by atoms with Gasteiger partial charge in [-0.3, -0.25) is 9.69 Å². The normalized spacial score (nSPS) is 16.4. The molecule has 0 spiro atoms. The van der Waals surface area contributed by atoms with Crippen molar-refractivity contribution in [2.75, 3.05) is 24.6 Å². The molecule has 1 unspecified atom stereocenters. The molecule has 0 bridgehead atoms. The van der Waals surface area contributed by atoms with Gasteiger partial charge in [0.2, 0.25) is 0 Å². The van der Waals surface area contributed by atoms with Crippen molar-refractivity contribution in [2.45, 2.75) is 6.10 Å². The highest BCUT2D eigenvalue weighted by molar-refractivity contribution is 6.30. The van der Waals surface area contributed by atoms with E-state index in [2.05, 4.69) is 5.32 Å². The van der Waals surface area contributed by atoms with Gasteiger partial charge in [0.15, 0.2) is 6.61 Å². The second kappa shape index (κ2) is 7.90. The number of benzene rings is 2. The number of rotatable bonds is 6. The average Bonchev–Trinajstić information content (AvgIpc) is 3.00. The predicted octanol–water partition coefficient (Wildman–Crippen LogP) is 2.86. The monoisotopic (exact) mass is 360 g/mol. The third-order valence-electron chi connectivity index (χ3n) is 3.63. The summed E-state index contributed by atoms with van der Waals surface area (Å²) in [5.41, 5.74) is 0.665. The second-order valence-electron chi connectivity index (χ2n) is 5.50. The molecule has 1 atom stereocenters. The van der Waals surface area contributed by atoms with Crippen LogP contribution < -0.4 is 15.0 Å². The molecule has 6 nitrogen and oxygen atoms in total. The fourth-order valence-electron chi connectivity index (χ4n) is 2.43. The Morgan fingerprint density at radius 2 is 2.04 bits per heavy atom. The van der Waals surface area contributed by atoms with Gasteiger partial charge in [-0.1, -0.05) is 35.9 Å². The average molecular weight is 361 g/mol.